The van der Waals surface area contributed by atoms with Crippen molar-refractivity contribution in [3.8, 4) is 0 Å². The van der Waals surface area contributed by atoms with Crippen LogP contribution in [0.3, 0.4) is 0 Å². The van der Waals surface area contributed by atoms with E-state index in [2.05, 4.69) is 6.26 Å². The zero-order valence-corrected chi connectivity index (χ0v) is 17.8. The van der Waals surface area contributed by atoms with Crippen molar-refractivity contribution in [1.29, 1.82) is 0 Å². The first-order valence-corrected chi connectivity index (χ1v) is 14.0. The molecule has 2 spiro atoms. The Morgan fingerprint density at radius 1 is 0.630 bits per heavy atom. The van der Waals surface area contributed by atoms with Gasteiger partial charge in [-0.1, -0.05) is 0 Å². The molecule has 0 aromatic heterocycles. The average Bonchev–Trinajstić information content (AvgIpc) is 3.08. The van der Waals surface area contributed by atoms with Gasteiger partial charge < -0.3 is 0 Å². The van der Waals surface area contributed by atoms with Gasteiger partial charge in [-0.2, -0.15) is 0 Å². The van der Waals surface area contributed by atoms with Crippen LogP contribution in [0.1, 0.15) is 64.2 Å². The zero-order chi connectivity index (χ0) is 18.8. The van der Waals surface area contributed by atoms with Crippen LogP contribution in [0.15, 0.2) is 0 Å². The summed E-state index contributed by atoms with van der Waals surface area (Å²) in [5, 5.41) is 0. The van der Waals surface area contributed by atoms with E-state index in [-0.39, 0.29) is 0 Å². The summed E-state index contributed by atoms with van der Waals surface area (Å²) in [6.07, 6.45) is 19.4. The van der Waals surface area contributed by atoms with Gasteiger partial charge in [0.1, 0.15) is 0 Å². The van der Waals surface area contributed by atoms with Crippen LogP contribution in [0.4, 0.5) is 0 Å². The van der Waals surface area contributed by atoms with E-state index in [4.69, 9.17) is 18.6 Å². The van der Waals surface area contributed by atoms with Crippen LogP contribution in [-0.4, -0.2) is 29.7 Å². The molecule has 1 heterocycles. The number of rotatable bonds is 0. The van der Waals surface area contributed by atoms with Gasteiger partial charge in [0, 0.05) is 34.6 Å². The number of halogens is 1. The zero-order valence-electron chi connectivity index (χ0n) is 16.2. The summed E-state index contributed by atoms with van der Waals surface area (Å²) in [5.41, 5.74) is 0. The molecule has 154 valence electrons. The monoisotopic (exact) mass is 417 g/mol. The van der Waals surface area contributed by atoms with Crippen LogP contribution in [0.25, 0.3) is 0 Å². The molecule has 8 bridgehead atoms. The summed E-state index contributed by atoms with van der Waals surface area (Å²) in [6, 6.07) is 0. The van der Waals surface area contributed by atoms with Crippen molar-refractivity contribution in [2.45, 2.75) is 73.7 Å². The molecule has 0 amide bonds. The van der Waals surface area contributed by atoms with Crippen LogP contribution in [0.2, 0.25) is 0 Å². The van der Waals surface area contributed by atoms with Crippen molar-refractivity contribution in [3.05, 3.63) is 0 Å². The topological polar surface area (TPSA) is 83.8 Å². The van der Waals surface area contributed by atoms with Crippen molar-refractivity contribution < 1.29 is 28.9 Å². The molecule has 6 heteroatoms. The summed E-state index contributed by atoms with van der Waals surface area (Å²) < 4.78 is 32.0. The van der Waals surface area contributed by atoms with Gasteiger partial charge in [0.15, 0.2) is 9.49 Å². The van der Waals surface area contributed by atoms with Crippen LogP contribution in [0, 0.1) is 57.6 Å². The second-order valence-electron chi connectivity index (χ2n) is 11.1. The Bertz CT molecular complexity index is 537. The normalized spacial score (nSPS) is 62.0. The molecular weight excluding hydrogens is 384 g/mol. The molecule has 27 heavy (non-hydrogen) atoms. The van der Waals surface area contributed by atoms with Crippen LogP contribution in [0.5, 0.6) is 0 Å². The summed E-state index contributed by atoms with van der Waals surface area (Å²) in [4.78, 5) is 0. The molecule has 8 saturated carbocycles. The van der Waals surface area contributed by atoms with Crippen LogP contribution >= 0.6 is 0 Å². The predicted octanol–water partition coefficient (Wildman–Crippen LogP) is 1.78. The van der Waals surface area contributed by atoms with Crippen molar-refractivity contribution in [2.75, 3.05) is 6.26 Å². The van der Waals surface area contributed by atoms with E-state index in [9.17, 15) is 0 Å². The Morgan fingerprint density at radius 2 is 0.852 bits per heavy atom. The van der Waals surface area contributed by atoms with Gasteiger partial charge in [-0.15, -0.1) is 0 Å². The SMILES string of the molecule is C[S+]1C2(C3CC4CC(C3)CC2C4)C12C1CC3CC(C1)CC2C3.[O-][Cl+](O)(O)O. The molecular formula is C21H34ClO4S+. The third-order valence-corrected chi connectivity index (χ3v) is 14.1. The molecule has 0 atom stereocenters. The molecule has 1 saturated heterocycles. The van der Waals surface area contributed by atoms with Crippen LogP contribution in [-0.2, 0) is 10.9 Å². The molecule has 0 radical (unpaired) electrons. The maximum absolute atomic E-state index is 8.83. The molecule has 0 aromatic rings. The first-order valence-electron chi connectivity index (χ1n) is 11.0. The number of hydrogen-bond donors (Lipinski definition) is 3. The first-order chi connectivity index (χ1) is 12.7. The van der Waals surface area contributed by atoms with Crippen molar-refractivity contribution in [2.24, 2.45) is 47.3 Å². The average molecular weight is 418 g/mol. The molecule has 9 fully saturated rings. The Hall–Kier alpha value is 0.480. The standard InChI is InChI=1S/C21H31S.ClH3O4/c1-22-20(16-4-12-2-13(6-16)7-17(20)5-12)21(22)18-8-14-3-15(10-18)11-19(21)9-14;2-1(3,4)5/h12-19H,2-11H2,1H3;2-4H/q+1;. The van der Waals surface area contributed by atoms with Gasteiger partial charge in [-0.3, -0.25) is 0 Å². The Balaban J connectivity index is 0.000000264. The van der Waals surface area contributed by atoms with E-state index in [1.807, 2.05) is 0 Å². The van der Waals surface area contributed by atoms with Crippen molar-refractivity contribution >= 4 is 10.9 Å². The summed E-state index contributed by atoms with van der Waals surface area (Å²) in [7, 11) is -3.40. The summed E-state index contributed by atoms with van der Waals surface area (Å²) in [5.74, 6) is 9.42. The van der Waals surface area contributed by atoms with E-state index < -0.39 is 10.2 Å². The molecule has 4 nitrogen and oxygen atoms in total. The molecule has 3 N–H and O–H groups in total. The van der Waals surface area contributed by atoms with Crippen LogP contribution < -0.4 is 4.66 Å². The van der Waals surface area contributed by atoms with E-state index in [1.165, 1.54) is 47.3 Å². The third kappa shape index (κ3) is 2.28. The van der Waals surface area contributed by atoms with Crippen molar-refractivity contribution in [1.82, 2.24) is 0 Å². The van der Waals surface area contributed by atoms with Gasteiger partial charge in [-0.25, -0.2) is 0 Å². The van der Waals surface area contributed by atoms with Gasteiger partial charge in [-0.05, 0) is 87.9 Å². The summed E-state index contributed by atoms with van der Waals surface area (Å²) >= 11 is 0. The van der Waals surface area contributed by atoms with Gasteiger partial charge in [0.05, 0.1) is 6.26 Å². The first kappa shape index (κ1) is 18.3. The summed E-state index contributed by atoms with van der Waals surface area (Å²) in [6.45, 7) is 0. The van der Waals surface area contributed by atoms with Gasteiger partial charge in [0.2, 0.25) is 0 Å². The fourth-order valence-corrected chi connectivity index (χ4v) is 15.3. The fraction of sp³-hybridized carbons (Fsp3) is 1.00. The van der Waals surface area contributed by atoms with E-state index in [0.717, 1.165) is 20.4 Å². The van der Waals surface area contributed by atoms with E-state index >= 15 is 0 Å². The Kier molecular flexibility index (Phi) is 3.78. The minimum atomic E-state index is -4.19. The minimum absolute atomic E-state index is 0.792. The van der Waals surface area contributed by atoms with E-state index in [1.54, 1.807) is 64.2 Å². The molecule has 9 rings (SSSR count). The fourth-order valence-electron chi connectivity index (χ4n) is 10.6. The predicted molar refractivity (Wildman–Crippen MR) is 99.5 cm³/mol. The molecule has 1 aliphatic heterocycles. The molecule has 0 aromatic carbocycles. The Labute approximate surface area is 167 Å². The quantitative estimate of drug-likeness (QED) is 0.414. The van der Waals surface area contributed by atoms with Gasteiger partial charge in [0.25, 0.3) is 0 Å². The Morgan fingerprint density at radius 3 is 1.07 bits per heavy atom. The third-order valence-electron chi connectivity index (χ3n) is 10.3. The second kappa shape index (κ2) is 5.59. The van der Waals surface area contributed by atoms with Crippen molar-refractivity contribution in [3.63, 3.8) is 0 Å². The second-order valence-corrected chi connectivity index (χ2v) is 14.4. The van der Waals surface area contributed by atoms with E-state index in [0.29, 0.717) is 0 Å². The molecule has 8 aliphatic carbocycles. The van der Waals surface area contributed by atoms with Gasteiger partial charge >= 0.3 is 28.9 Å². The molecule has 9 aliphatic rings. The molecule has 0 unspecified atom stereocenters. The number of hydrogen-bond acceptors (Lipinski definition) is 4. The maximum atomic E-state index is 8.83.